The second-order valence-corrected chi connectivity index (χ2v) is 18.8. The van der Waals surface area contributed by atoms with Crippen LogP contribution in [0.25, 0.3) is 0 Å². The molecule has 0 aromatic carbocycles. The van der Waals surface area contributed by atoms with E-state index >= 15 is 0 Å². The van der Waals surface area contributed by atoms with Gasteiger partial charge in [0.1, 0.15) is 0 Å². The van der Waals surface area contributed by atoms with Gasteiger partial charge in [-0.25, -0.2) is 0 Å². The first-order valence-corrected chi connectivity index (χ1v) is 18.8. The molecular weight excluding hydrogens is 614 g/mol. The van der Waals surface area contributed by atoms with Gasteiger partial charge in [0.15, 0.2) is 12.4 Å². The molecule has 2 spiro atoms. The van der Waals surface area contributed by atoms with E-state index in [1.165, 1.54) is 19.8 Å². The lowest BCUT2D eigenvalue weighted by Crippen LogP contribution is -2.60. The highest BCUT2D eigenvalue weighted by molar-refractivity contribution is 5.69. The van der Waals surface area contributed by atoms with Gasteiger partial charge in [0.2, 0.25) is 0 Å². The Balaban J connectivity index is 1.12. The van der Waals surface area contributed by atoms with E-state index in [1.54, 1.807) is 13.8 Å². The number of rotatable bonds is 7. The lowest BCUT2D eigenvalue weighted by Gasteiger charge is -2.64. The van der Waals surface area contributed by atoms with E-state index in [-0.39, 0.29) is 57.7 Å². The smallest absolute Gasteiger partial charge is 0.317 e. The van der Waals surface area contributed by atoms with E-state index in [1.807, 2.05) is 4.90 Å². The minimum Gasteiger partial charge on any atom is -0.480 e. The van der Waals surface area contributed by atoms with Crippen LogP contribution < -0.4 is 0 Å². The summed E-state index contributed by atoms with van der Waals surface area (Å²) in [5.41, 5.74) is -1.28. The van der Waals surface area contributed by atoms with Gasteiger partial charge in [-0.3, -0.25) is 14.5 Å². The van der Waals surface area contributed by atoms with E-state index < -0.39 is 42.1 Å². The number of nitrogens with zero attached hydrogens (tertiary/aromatic N) is 1. The summed E-state index contributed by atoms with van der Waals surface area (Å²) < 4.78 is 25.2. The van der Waals surface area contributed by atoms with Crippen molar-refractivity contribution >= 4 is 11.9 Å². The lowest BCUT2D eigenvalue weighted by atomic mass is 9.41. The maximum atomic E-state index is 12.5. The van der Waals surface area contributed by atoms with Crippen LogP contribution in [0.2, 0.25) is 0 Å². The first-order valence-electron chi connectivity index (χ1n) is 18.8. The molecule has 7 rings (SSSR count). The van der Waals surface area contributed by atoms with Gasteiger partial charge in [-0.05, 0) is 111 Å². The third kappa shape index (κ3) is 4.85. The van der Waals surface area contributed by atoms with Gasteiger partial charge in [-0.2, -0.15) is 0 Å². The van der Waals surface area contributed by atoms with Crippen molar-refractivity contribution in [2.45, 2.75) is 149 Å². The average Bonchev–Trinajstić information content (AvgIpc) is 3.61. The lowest BCUT2D eigenvalue weighted by molar-refractivity contribution is -0.248. The third-order valence-electron chi connectivity index (χ3n) is 15.9. The highest BCUT2D eigenvalue weighted by atomic mass is 16.7. The number of carbonyl (C=O) groups is 2. The normalized spacial score (nSPS) is 50.2. The molecule has 0 amide bonds. The molecule has 14 atom stereocenters. The Hall–Kier alpha value is -1.30. The number of ether oxygens (including phenoxy) is 4. The van der Waals surface area contributed by atoms with Crippen LogP contribution in [0, 0.1) is 50.7 Å². The molecule has 2 aliphatic heterocycles. The molecule has 2 saturated heterocycles. The largest absolute Gasteiger partial charge is 0.480 e. The SMILES string of the molecule is CC(=O)O[C@@H](C1C[C@@H](C)[C@H]2C(O1)[C@H](O)[C@@]1(C)C3CC[C@H]4C(C)(C)C(O[C@H]5CN(CC(=O)O)CCO5)CC[C@@]45C[C@@]35CC[C@]21C)C(C)(C)O. The van der Waals surface area contributed by atoms with Crippen LogP contribution in [0.5, 0.6) is 0 Å². The molecule has 0 bridgehead atoms. The highest BCUT2D eigenvalue weighted by Gasteiger charge is 2.84. The van der Waals surface area contributed by atoms with Gasteiger partial charge in [-0.15, -0.1) is 0 Å². The number of carboxylic acid groups (broad SMARTS) is 1. The van der Waals surface area contributed by atoms with Gasteiger partial charge >= 0.3 is 11.9 Å². The molecular formula is C38H61NO9. The Morgan fingerprint density at radius 2 is 1.73 bits per heavy atom. The summed E-state index contributed by atoms with van der Waals surface area (Å²) in [5, 5.41) is 32.9. The third-order valence-corrected chi connectivity index (χ3v) is 15.9. The Labute approximate surface area is 286 Å². The minimum atomic E-state index is -1.27. The first kappa shape index (κ1) is 35.1. The summed E-state index contributed by atoms with van der Waals surface area (Å²) >= 11 is 0. The molecule has 7 aliphatic rings. The molecule has 0 radical (unpaired) electrons. The predicted molar refractivity (Wildman–Crippen MR) is 177 cm³/mol. The topological polar surface area (TPSA) is 135 Å². The van der Waals surface area contributed by atoms with E-state index in [4.69, 9.17) is 18.9 Å². The maximum Gasteiger partial charge on any atom is 0.317 e. The zero-order valence-corrected chi connectivity index (χ0v) is 30.5. The van der Waals surface area contributed by atoms with Crippen molar-refractivity contribution < 1.29 is 43.9 Å². The number of fused-ring (bicyclic) bond motifs is 4. The summed E-state index contributed by atoms with van der Waals surface area (Å²) in [6.07, 6.45) is 5.77. The average molecular weight is 676 g/mol. The van der Waals surface area contributed by atoms with E-state index in [2.05, 4.69) is 34.6 Å². The van der Waals surface area contributed by atoms with Crippen LogP contribution >= 0.6 is 0 Å². The van der Waals surface area contributed by atoms with Gasteiger partial charge in [0.05, 0.1) is 49.7 Å². The van der Waals surface area contributed by atoms with Crippen LogP contribution in [0.15, 0.2) is 0 Å². The van der Waals surface area contributed by atoms with Crippen molar-refractivity contribution in [1.82, 2.24) is 4.90 Å². The number of morpholine rings is 1. The molecule has 2 heterocycles. The number of aliphatic hydroxyl groups is 2. The van der Waals surface area contributed by atoms with Crippen molar-refractivity contribution in [2.24, 2.45) is 50.7 Å². The molecule has 10 heteroatoms. The van der Waals surface area contributed by atoms with Crippen LogP contribution in [0.4, 0.5) is 0 Å². The fourth-order valence-electron chi connectivity index (χ4n) is 13.9. The Morgan fingerprint density at radius 1 is 1.04 bits per heavy atom. The molecule has 3 N–H and O–H groups in total. The molecule has 5 saturated carbocycles. The summed E-state index contributed by atoms with van der Waals surface area (Å²) in [5.74, 6) is 0.0872. The van der Waals surface area contributed by atoms with Gasteiger partial charge in [0.25, 0.3) is 0 Å². The number of carbonyl (C=O) groups excluding carboxylic acids is 1. The van der Waals surface area contributed by atoms with Crippen LogP contribution in [0.1, 0.15) is 107 Å². The number of aliphatic hydroxyl groups excluding tert-OH is 1. The van der Waals surface area contributed by atoms with E-state index in [0.29, 0.717) is 38.0 Å². The maximum absolute atomic E-state index is 12.5. The number of hydrogen-bond donors (Lipinski definition) is 3. The predicted octanol–water partition coefficient (Wildman–Crippen LogP) is 4.63. The number of hydrogen-bond acceptors (Lipinski definition) is 9. The quantitative estimate of drug-likeness (QED) is 0.328. The molecule has 0 aromatic heterocycles. The molecule has 7 fully saturated rings. The van der Waals surface area contributed by atoms with Crippen LogP contribution in [0.3, 0.4) is 0 Å². The van der Waals surface area contributed by atoms with E-state index in [0.717, 1.165) is 32.1 Å². The number of aliphatic carboxylic acids is 1. The Morgan fingerprint density at radius 3 is 2.40 bits per heavy atom. The second-order valence-electron chi connectivity index (χ2n) is 18.8. The standard InChI is InChI=1S/C38H61NO9/c1-21-17-23(32(34(5,6)44)46-22(2)40)47-30-29(21)35(7)13-14-38-20-37(38)12-11-26(48-28-19-39(15-16-45-28)18-27(41)42)33(3,4)24(37)9-10-25(38)36(35,8)31(30)43/h21,23-26,28-32,43-44H,9-20H2,1-8H3,(H,41,42)/t21-,23?,24+,25?,26?,28+,29+,30?,31+,32+,35-,36-,37-,38+/m1/s1. The molecule has 48 heavy (non-hydrogen) atoms. The number of carboxylic acids is 1. The fourth-order valence-corrected chi connectivity index (χ4v) is 13.9. The molecule has 0 aromatic rings. The van der Waals surface area contributed by atoms with Crippen molar-refractivity contribution in [3.63, 3.8) is 0 Å². The van der Waals surface area contributed by atoms with Gasteiger partial charge in [-0.1, -0.05) is 34.6 Å². The minimum absolute atomic E-state index is 0.00878. The van der Waals surface area contributed by atoms with Crippen molar-refractivity contribution in [1.29, 1.82) is 0 Å². The van der Waals surface area contributed by atoms with Crippen molar-refractivity contribution in [3.05, 3.63) is 0 Å². The molecule has 272 valence electrons. The van der Waals surface area contributed by atoms with E-state index in [9.17, 15) is 24.9 Å². The first-order chi connectivity index (χ1) is 22.3. The zero-order chi connectivity index (χ0) is 34.8. The monoisotopic (exact) mass is 675 g/mol. The van der Waals surface area contributed by atoms with Gasteiger partial charge in [0, 0.05) is 18.9 Å². The number of esters is 1. The molecule has 5 aliphatic carbocycles. The summed E-state index contributed by atoms with van der Waals surface area (Å²) in [6.45, 7) is 18.1. The van der Waals surface area contributed by atoms with Crippen LogP contribution in [-0.2, 0) is 28.5 Å². The summed E-state index contributed by atoms with van der Waals surface area (Å²) in [6, 6.07) is 0. The van der Waals surface area contributed by atoms with Gasteiger partial charge < -0.3 is 34.3 Å². The van der Waals surface area contributed by atoms with Crippen molar-refractivity contribution in [3.8, 4) is 0 Å². The summed E-state index contributed by atoms with van der Waals surface area (Å²) in [7, 11) is 0. The molecule has 4 unspecified atom stereocenters. The van der Waals surface area contributed by atoms with Crippen LogP contribution in [-0.4, -0.2) is 101 Å². The zero-order valence-electron chi connectivity index (χ0n) is 30.5. The van der Waals surface area contributed by atoms with Crippen molar-refractivity contribution in [2.75, 3.05) is 26.2 Å². The Bertz CT molecular complexity index is 1300. The Kier molecular flexibility index (Phi) is 8.30. The highest BCUT2D eigenvalue weighted by Crippen LogP contribution is 2.89. The fraction of sp³-hybridized carbons (Fsp3) is 0.947. The second kappa shape index (κ2) is 11.3. The summed E-state index contributed by atoms with van der Waals surface area (Å²) in [4.78, 5) is 25.3. The molecule has 10 nitrogen and oxygen atoms in total.